The van der Waals surface area contributed by atoms with Gasteiger partial charge in [-0.25, -0.2) is 4.98 Å². The second-order valence-electron chi connectivity index (χ2n) is 8.63. The van der Waals surface area contributed by atoms with Gasteiger partial charge in [-0.1, -0.05) is 5.16 Å². The number of piperazine rings is 1. The molecule has 2 aromatic carbocycles. The standard InChI is InChI=1S/C25H28N4O4S/c1-17-26-24-12-21(6-7-25(24)34-17)32-16-20(31)14-28-8-10-29(11-9-28)15-22-13-23(27-33-22)18-2-4-19(30)5-3-18/h2-7,12-13,20,30-31H,8-11,14-16H2,1H3/t20-/m0/s1. The number of phenolic OH excluding ortho intramolecular Hbond substituents is 1. The number of β-amino-alcohol motifs (C(OH)–C–C–N with tert-alkyl or cyclic N) is 1. The highest BCUT2D eigenvalue weighted by Gasteiger charge is 2.21. The molecule has 8 nitrogen and oxygen atoms in total. The Morgan fingerprint density at radius 1 is 1.06 bits per heavy atom. The van der Waals surface area contributed by atoms with Crippen molar-refractivity contribution >= 4 is 21.6 Å². The number of fused-ring (bicyclic) bond motifs is 1. The number of aliphatic hydroxyl groups excluding tert-OH is 1. The van der Waals surface area contributed by atoms with Gasteiger partial charge in [0, 0.05) is 50.4 Å². The van der Waals surface area contributed by atoms with Crippen molar-refractivity contribution in [3.05, 3.63) is 59.3 Å². The highest BCUT2D eigenvalue weighted by Crippen LogP contribution is 2.26. The van der Waals surface area contributed by atoms with E-state index >= 15 is 0 Å². The number of phenols is 1. The summed E-state index contributed by atoms with van der Waals surface area (Å²) in [5, 5.41) is 25.1. The summed E-state index contributed by atoms with van der Waals surface area (Å²) < 4.78 is 12.5. The molecular formula is C25H28N4O4S. The maximum absolute atomic E-state index is 10.5. The van der Waals surface area contributed by atoms with Gasteiger partial charge in [0.05, 0.1) is 21.8 Å². The van der Waals surface area contributed by atoms with Gasteiger partial charge in [-0.3, -0.25) is 9.80 Å². The van der Waals surface area contributed by atoms with Gasteiger partial charge < -0.3 is 19.5 Å². The molecule has 1 saturated heterocycles. The van der Waals surface area contributed by atoms with Crippen LogP contribution in [0.5, 0.6) is 11.5 Å². The van der Waals surface area contributed by atoms with Crippen LogP contribution in [0, 0.1) is 6.92 Å². The Bertz CT molecular complexity index is 1230. The Kier molecular flexibility index (Phi) is 6.77. The number of thiazole rings is 1. The van der Waals surface area contributed by atoms with Crippen molar-refractivity contribution in [1.82, 2.24) is 19.9 Å². The lowest BCUT2D eigenvalue weighted by atomic mass is 10.1. The fraction of sp³-hybridized carbons (Fsp3) is 0.360. The van der Waals surface area contributed by atoms with Crippen LogP contribution in [0.3, 0.4) is 0 Å². The van der Waals surface area contributed by atoms with Crippen LogP contribution >= 0.6 is 11.3 Å². The van der Waals surface area contributed by atoms with E-state index in [4.69, 9.17) is 9.26 Å². The Balaban J connectivity index is 1.05. The zero-order chi connectivity index (χ0) is 23.5. The van der Waals surface area contributed by atoms with Crippen LogP contribution in [0.25, 0.3) is 21.5 Å². The topological polar surface area (TPSA) is 95.1 Å². The summed E-state index contributed by atoms with van der Waals surface area (Å²) in [4.78, 5) is 9.08. The van der Waals surface area contributed by atoms with Crippen LogP contribution in [0.1, 0.15) is 10.8 Å². The molecule has 5 rings (SSSR count). The van der Waals surface area contributed by atoms with E-state index in [-0.39, 0.29) is 12.4 Å². The Hall–Kier alpha value is -2.98. The molecule has 2 aromatic heterocycles. The van der Waals surface area contributed by atoms with Crippen LogP contribution in [0.4, 0.5) is 0 Å². The first-order valence-electron chi connectivity index (χ1n) is 11.4. The van der Waals surface area contributed by atoms with E-state index in [1.807, 2.05) is 43.3 Å². The van der Waals surface area contributed by atoms with Crippen molar-refractivity contribution in [3.8, 4) is 22.8 Å². The van der Waals surface area contributed by atoms with Crippen LogP contribution in [0.2, 0.25) is 0 Å². The van der Waals surface area contributed by atoms with Gasteiger partial charge in [0.2, 0.25) is 0 Å². The SMILES string of the molecule is Cc1nc2cc(OC[C@@H](O)CN3CCN(Cc4cc(-c5ccc(O)cc5)no4)CC3)ccc2s1. The first-order chi connectivity index (χ1) is 16.5. The lowest BCUT2D eigenvalue weighted by Crippen LogP contribution is -2.48. The van der Waals surface area contributed by atoms with Gasteiger partial charge in [-0.05, 0) is 43.3 Å². The molecule has 1 atom stereocenters. The van der Waals surface area contributed by atoms with E-state index in [0.29, 0.717) is 13.1 Å². The van der Waals surface area contributed by atoms with Gasteiger partial charge in [0.15, 0.2) is 5.76 Å². The summed E-state index contributed by atoms with van der Waals surface area (Å²) in [5.74, 6) is 1.78. The molecule has 0 saturated carbocycles. The molecule has 1 aliphatic heterocycles. The molecule has 4 aromatic rings. The van der Waals surface area contributed by atoms with Gasteiger partial charge >= 0.3 is 0 Å². The number of aromatic nitrogens is 2. The normalized spacial score (nSPS) is 16.2. The second kappa shape index (κ2) is 10.1. The maximum Gasteiger partial charge on any atom is 0.151 e. The van der Waals surface area contributed by atoms with Crippen molar-refractivity contribution in [1.29, 1.82) is 0 Å². The first kappa shape index (κ1) is 22.8. The van der Waals surface area contributed by atoms with Crippen molar-refractivity contribution < 1.29 is 19.5 Å². The zero-order valence-electron chi connectivity index (χ0n) is 19.1. The summed E-state index contributed by atoms with van der Waals surface area (Å²) in [5.41, 5.74) is 2.61. The first-order valence-corrected chi connectivity index (χ1v) is 12.2. The number of hydrogen-bond acceptors (Lipinski definition) is 9. The molecular weight excluding hydrogens is 452 g/mol. The van der Waals surface area contributed by atoms with E-state index in [1.165, 1.54) is 0 Å². The molecule has 0 radical (unpaired) electrons. The van der Waals surface area contributed by atoms with E-state index < -0.39 is 6.10 Å². The number of ether oxygens (including phenoxy) is 1. The lowest BCUT2D eigenvalue weighted by Gasteiger charge is -2.35. The van der Waals surface area contributed by atoms with E-state index in [9.17, 15) is 10.2 Å². The summed E-state index contributed by atoms with van der Waals surface area (Å²) in [6.45, 7) is 7.07. The minimum absolute atomic E-state index is 0.231. The lowest BCUT2D eigenvalue weighted by molar-refractivity contribution is 0.0430. The highest BCUT2D eigenvalue weighted by atomic mass is 32.1. The monoisotopic (exact) mass is 480 g/mol. The molecule has 0 aliphatic carbocycles. The quantitative estimate of drug-likeness (QED) is 0.396. The third kappa shape index (κ3) is 5.56. The van der Waals surface area contributed by atoms with Gasteiger partial charge in [0.25, 0.3) is 0 Å². The van der Waals surface area contributed by atoms with Crippen molar-refractivity contribution in [2.24, 2.45) is 0 Å². The van der Waals surface area contributed by atoms with E-state index in [0.717, 1.165) is 64.2 Å². The number of nitrogens with zero attached hydrogens (tertiary/aromatic N) is 4. The van der Waals surface area contributed by atoms with Gasteiger partial charge in [0.1, 0.15) is 29.9 Å². The molecule has 0 unspecified atom stereocenters. The predicted octanol–water partition coefficient (Wildman–Crippen LogP) is 3.52. The number of hydrogen-bond donors (Lipinski definition) is 2. The maximum atomic E-state index is 10.5. The summed E-state index contributed by atoms with van der Waals surface area (Å²) >= 11 is 1.67. The molecule has 1 fully saturated rings. The fourth-order valence-corrected chi connectivity index (χ4v) is 4.97. The largest absolute Gasteiger partial charge is 0.508 e. The molecule has 3 heterocycles. The molecule has 0 amide bonds. The molecule has 1 aliphatic rings. The summed E-state index contributed by atoms with van der Waals surface area (Å²) in [7, 11) is 0. The van der Waals surface area contributed by atoms with E-state index in [2.05, 4.69) is 19.9 Å². The zero-order valence-corrected chi connectivity index (χ0v) is 19.9. The molecule has 0 bridgehead atoms. The number of aliphatic hydroxyl groups is 1. The Labute approximate surface area is 202 Å². The molecule has 34 heavy (non-hydrogen) atoms. The molecule has 9 heteroatoms. The number of benzene rings is 2. The molecule has 0 spiro atoms. The summed E-state index contributed by atoms with van der Waals surface area (Å²) in [6, 6.07) is 14.8. The fourth-order valence-electron chi connectivity index (χ4n) is 4.16. The number of aromatic hydroxyl groups is 1. The van der Waals surface area contributed by atoms with Gasteiger partial charge in [-0.2, -0.15) is 0 Å². The van der Waals surface area contributed by atoms with Crippen molar-refractivity contribution in [3.63, 3.8) is 0 Å². The second-order valence-corrected chi connectivity index (χ2v) is 9.86. The highest BCUT2D eigenvalue weighted by molar-refractivity contribution is 7.18. The summed E-state index contributed by atoms with van der Waals surface area (Å²) in [6.07, 6.45) is -0.554. The molecule has 178 valence electrons. The van der Waals surface area contributed by atoms with Crippen LogP contribution in [0.15, 0.2) is 53.1 Å². The van der Waals surface area contributed by atoms with E-state index in [1.54, 1.807) is 23.5 Å². The third-order valence-corrected chi connectivity index (χ3v) is 6.90. The number of aryl methyl sites for hydroxylation is 1. The van der Waals surface area contributed by atoms with Crippen molar-refractivity contribution in [2.75, 3.05) is 39.3 Å². The average molecular weight is 481 g/mol. The smallest absolute Gasteiger partial charge is 0.151 e. The Morgan fingerprint density at radius 2 is 1.82 bits per heavy atom. The average Bonchev–Trinajstić information content (AvgIpc) is 3.44. The minimum atomic E-state index is -0.554. The minimum Gasteiger partial charge on any atom is -0.508 e. The molecule has 2 N–H and O–H groups in total. The van der Waals surface area contributed by atoms with Crippen molar-refractivity contribution in [2.45, 2.75) is 19.6 Å². The predicted molar refractivity (Wildman–Crippen MR) is 131 cm³/mol. The van der Waals surface area contributed by atoms with Crippen LogP contribution in [-0.4, -0.2) is 75.6 Å². The van der Waals surface area contributed by atoms with Crippen LogP contribution in [-0.2, 0) is 6.54 Å². The van der Waals surface area contributed by atoms with Gasteiger partial charge in [-0.15, -0.1) is 11.3 Å². The number of rotatable bonds is 8. The Morgan fingerprint density at radius 3 is 2.62 bits per heavy atom. The van der Waals surface area contributed by atoms with Crippen LogP contribution < -0.4 is 4.74 Å². The third-order valence-electron chi connectivity index (χ3n) is 5.94.